The van der Waals surface area contributed by atoms with Crippen LogP contribution in [0.15, 0.2) is 48.8 Å². The number of ketones is 1. The zero-order chi connectivity index (χ0) is 20.3. The molecule has 0 aliphatic heterocycles. The lowest BCUT2D eigenvalue weighted by molar-refractivity contribution is -0.119. The molecule has 3 aromatic rings. The third-order valence-electron chi connectivity index (χ3n) is 5.12. The molecule has 3 rings (SSSR count). The van der Waals surface area contributed by atoms with Gasteiger partial charge in [0.05, 0.1) is 41.0 Å². The van der Waals surface area contributed by atoms with Crippen molar-refractivity contribution in [3.8, 4) is 12.1 Å². The number of hydrogen-bond acceptors (Lipinski definition) is 4. The Balaban J connectivity index is 1.72. The highest BCUT2D eigenvalue weighted by Crippen LogP contribution is 2.26. The van der Waals surface area contributed by atoms with Gasteiger partial charge in [-0.15, -0.1) is 0 Å². The van der Waals surface area contributed by atoms with Crippen molar-refractivity contribution >= 4 is 16.8 Å². The van der Waals surface area contributed by atoms with Crippen LogP contribution in [0.2, 0.25) is 0 Å². The molecule has 0 saturated heterocycles. The van der Waals surface area contributed by atoms with Gasteiger partial charge in [-0.25, -0.2) is 4.98 Å². The van der Waals surface area contributed by atoms with Gasteiger partial charge < -0.3 is 4.57 Å². The van der Waals surface area contributed by atoms with Crippen LogP contribution in [0, 0.1) is 22.7 Å². The van der Waals surface area contributed by atoms with Gasteiger partial charge in [-0.2, -0.15) is 10.5 Å². The zero-order valence-electron chi connectivity index (χ0n) is 16.3. The Hall–Kier alpha value is -3.44. The summed E-state index contributed by atoms with van der Waals surface area (Å²) < 4.78 is 1.75. The number of para-hydroxylation sites is 1. The van der Waals surface area contributed by atoms with E-state index in [0.717, 1.165) is 16.6 Å². The maximum Gasteiger partial charge on any atom is 0.153 e. The minimum absolute atomic E-state index is 0.0666. The standard InChI is InChI=1S/C23H22N4O/c1-16(17-7-9-19(10-8-17)23(2,3)14-25)11-20(28)13-27-15-26-21-6-4-5-18(12-24)22(21)27/h4-10,15-16H,11,13H2,1-3H3/t16-/m1/s1. The van der Waals surface area contributed by atoms with Crippen molar-refractivity contribution in [3.05, 3.63) is 65.5 Å². The van der Waals surface area contributed by atoms with E-state index in [1.54, 1.807) is 23.0 Å². The van der Waals surface area contributed by atoms with Crippen LogP contribution in [0.5, 0.6) is 0 Å². The van der Waals surface area contributed by atoms with E-state index in [0.29, 0.717) is 17.5 Å². The number of fused-ring (bicyclic) bond motifs is 1. The molecule has 1 aromatic heterocycles. The Morgan fingerprint density at radius 3 is 2.54 bits per heavy atom. The summed E-state index contributed by atoms with van der Waals surface area (Å²) in [7, 11) is 0. The Labute approximate surface area is 164 Å². The molecule has 0 unspecified atom stereocenters. The lowest BCUT2D eigenvalue weighted by atomic mass is 9.84. The molecule has 0 saturated carbocycles. The summed E-state index contributed by atoms with van der Waals surface area (Å²) in [6.07, 6.45) is 2.02. The Morgan fingerprint density at radius 2 is 1.89 bits per heavy atom. The van der Waals surface area contributed by atoms with Crippen LogP contribution in [-0.4, -0.2) is 15.3 Å². The van der Waals surface area contributed by atoms with Crippen molar-refractivity contribution in [3.63, 3.8) is 0 Å². The maximum absolute atomic E-state index is 12.6. The van der Waals surface area contributed by atoms with E-state index in [1.807, 2.05) is 51.1 Å². The number of rotatable bonds is 6. The highest BCUT2D eigenvalue weighted by Gasteiger charge is 2.20. The normalized spacial score (nSPS) is 12.3. The van der Waals surface area contributed by atoms with E-state index in [4.69, 9.17) is 0 Å². The molecular weight excluding hydrogens is 348 g/mol. The Morgan fingerprint density at radius 1 is 1.18 bits per heavy atom. The molecule has 1 atom stereocenters. The van der Waals surface area contributed by atoms with Gasteiger partial charge in [0, 0.05) is 6.42 Å². The van der Waals surface area contributed by atoms with Crippen LogP contribution in [0.25, 0.3) is 11.0 Å². The van der Waals surface area contributed by atoms with Gasteiger partial charge in [-0.05, 0) is 43.0 Å². The van der Waals surface area contributed by atoms with Crippen molar-refractivity contribution in [2.45, 2.75) is 45.1 Å². The molecule has 0 bridgehead atoms. The van der Waals surface area contributed by atoms with E-state index < -0.39 is 5.41 Å². The summed E-state index contributed by atoms with van der Waals surface area (Å²) in [5.41, 5.74) is 3.44. The lowest BCUT2D eigenvalue weighted by Crippen LogP contribution is -2.14. The van der Waals surface area contributed by atoms with Crippen molar-refractivity contribution in [2.24, 2.45) is 0 Å². The van der Waals surface area contributed by atoms with Crippen molar-refractivity contribution in [2.75, 3.05) is 0 Å². The molecule has 0 amide bonds. The largest absolute Gasteiger partial charge is 0.322 e. The number of nitriles is 2. The molecule has 0 spiro atoms. The number of benzene rings is 2. The first-order valence-electron chi connectivity index (χ1n) is 9.23. The summed E-state index contributed by atoms with van der Waals surface area (Å²) in [6, 6.07) is 17.7. The fourth-order valence-electron chi connectivity index (χ4n) is 3.34. The third-order valence-corrected chi connectivity index (χ3v) is 5.12. The van der Waals surface area contributed by atoms with Gasteiger partial charge in [0.25, 0.3) is 0 Å². The van der Waals surface area contributed by atoms with E-state index in [-0.39, 0.29) is 18.2 Å². The molecule has 28 heavy (non-hydrogen) atoms. The molecule has 0 radical (unpaired) electrons. The van der Waals surface area contributed by atoms with Gasteiger partial charge in [-0.1, -0.05) is 37.3 Å². The fourth-order valence-corrected chi connectivity index (χ4v) is 3.34. The van der Waals surface area contributed by atoms with Crippen LogP contribution >= 0.6 is 0 Å². The highest BCUT2D eigenvalue weighted by molar-refractivity contribution is 5.85. The number of imidazole rings is 1. The number of aromatic nitrogens is 2. The van der Waals surface area contributed by atoms with Gasteiger partial charge >= 0.3 is 0 Å². The quantitative estimate of drug-likeness (QED) is 0.641. The average molecular weight is 370 g/mol. The smallest absolute Gasteiger partial charge is 0.153 e. The SMILES string of the molecule is C[C@H](CC(=O)Cn1cnc2cccc(C#N)c21)c1ccc(C(C)(C)C#N)cc1. The van der Waals surface area contributed by atoms with Crippen LogP contribution in [0.3, 0.4) is 0 Å². The molecule has 0 fully saturated rings. The molecule has 140 valence electrons. The fraction of sp³-hybridized carbons (Fsp3) is 0.304. The van der Waals surface area contributed by atoms with Gasteiger partial charge in [-0.3, -0.25) is 4.79 Å². The van der Waals surface area contributed by atoms with Crippen LogP contribution in [-0.2, 0) is 16.8 Å². The number of carbonyl (C=O) groups is 1. The molecule has 0 aliphatic carbocycles. The first kappa shape index (κ1) is 19.3. The minimum atomic E-state index is -0.529. The van der Waals surface area contributed by atoms with E-state index in [1.165, 1.54) is 0 Å². The van der Waals surface area contributed by atoms with Crippen molar-refractivity contribution in [1.29, 1.82) is 10.5 Å². The van der Waals surface area contributed by atoms with E-state index in [9.17, 15) is 15.3 Å². The molecule has 1 heterocycles. The number of Topliss-reactive ketones (excluding diaryl/α,β-unsaturated/α-hetero) is 1. The van der Waals surface area contributed by atoms with Crippen molar-refractivity contribution in [1.82, 2.24) is 9.55 Å². The predicted molar refractivity (Wildman–Crippen MR) is 108 cm³/mol. The summed E-state index contributed by atoms with van der Waals surface area (Å²) in [6.45, 7) is 5.99. The molecule has 5 nitrogen and oxygen atoms in total. The highest BCUT2D eigenvalue weighted by atomic mass is 16.1. The lowest BCUT2D eigenvalue weighted by Gasteiger charge is -2.17. The van der Waals surface area contributed by atoms with Crippen LogP contribution in [0.1, 0.15) is 49.8 Å². The molecule has 2 aromatic carbocycles. The second kappa shape index (κ2) is 7.66. The topological polar surface area (TPSA) is 82.5 Å². The predicted octanol–water partition coefficient (Wildman–Crippen LogP) is 4.47. The Bertz CT molecular complexity index is 1090. The molecular formula is C23H22N4O. The summed E-state index contributed by atoms with van der Waals surface area (Å²) >= 11 is 0. The summed E-state index contributed by atoms with van der Waals surface area (Å²) in [5.74, 6) is 0.151. The minimum Gasteiger partial charge on any atom is -0.322 e. The van der Waals surface area contributed by atoms with Crippen LogP contribution < -0.4 is 0 Å². The first-order chi connectivity index (χ1) is 13.4. The van der Waals surface area contributed by atoms with Crippen molar-refractivity contribution < 1.29 is 4.79 Å². The second-order valence-corrected chi connectivity index (χ2v) is 7.66. The second-order valence-electron chi connectivity index (χ2n) is 7.66. The molecule has 5 heteroatoms. The average Bonchev–Trinajstić information content (AvgIpc) is 3.10. The van der Waals surface area contributed by atoms with E-state index in [2.05, 4.69) is 17.1 Å². The van der Waals surface area contributed by atoms with E-state index >= 15 is 0 Å². The summed E-state index contributed by atoms with van der Waals surface area (Å²) in [5, 5.41) is 18.6. The van der Waals surface area contributed by atoms with Crippen LogP contribution in [0.4, 0.5) is 0 Å². The third kappa shape index (κ3) is 3.80. The zero-order valence-corrected chi connectivity index (χ0v) is 16.3. The van der Waals surface area contributed by atoms with Gasteiger partial charge in [0.1, 0.15) is 6.07 Å². The molecule has 0 aliphatic rings. The van der Waals surface area contributed by atoms with Gasteiger partial charge in [0.15, 0.2) is 5.78 Å². The number of nitrogens with zero attached hydrogens (tertiary/aromatic N) is 4. The number of carbonyl (C=O) groups excluding carboxylic acids is 1. The molecule has 0 N–H and O–H groups in total. The Kier molecular flexibility index (Phi) is 5.29. The maximum atomic E-state index is 12.6. The summed E-state index contributed by atoms with van der Waals surface area (Å²) in [4.78, 5) is 16.9. The monoisotopic (exact) mass is 370 g/mol. The van der Waals surface area contributed by atoms with Gasteiger partial charge in [0.2, 0.25) is 0 Å². The number of hydrogen-bond donors (Lipinski definition) is 0. The first-order valence-corrected chi connectivity index (χ1v) is 9.23.